The lowest BCUT2D eigenvalue weighted by atomic mass is 10.1. The van der Waals surface area contributed by atoms with E-state index in [4.69, 9.17) is 5.73 Å². The van der Waals surface area contributed by atoms with Gasteiger partial charge < -0.3 is 5.73 Å². The molecule has 1 heterocycles. The lowest BCUT2D eigenvalue weighted by molar-refractivity contribution is 0.831. The number of benzene rings is 2. The summed E-state index contributed by atoms with van der Waals surface area (Å²) in [5, 5.41) is 10.2. The Hall–Kier alpha value is -1.56. The van der Waals surface area contributed by atoms with Gasteiger partial charge in [-0.25, -0.2) is 0 Å². The van der Waals surface area contributed by atoms with Gasteiger partial charge in [0.25, 0.3) is 0 Å². The van der Waals surface area contributed by atoms with E-state index >= 15 is 0 Å². The summed E-state index contributed by atoms with van der Waals surface area (Å²) in [7, 11) is 0. The molecule has 0 aliphatic rings. The molecule has 3 nitrogen and oxygen atoms in total. The summed E-state index contributed by atoms with van der Waals surface area (Å²) >= 11 is 5.11. The van der Waals surface area contributed by atoms with Crippen molar-refractivity contribution in [3.05, 3.63) is 69.1 Å². The first kappa shape index (κ1) is 14.4. The Morgan fingerprint density at radius 3 is 2.57 bits per heavy atom. The van der Waals surface area contributed by atoms with E-state index in [1.807, 2.05) is 30.3 Å². The maximum atomic E-state index is 6.27. The average molecular weight is 360 g/mol. The van der Waals surface area contributed by atoms with Crippen LogP contribution in [0.25, 0.3) is 10.6 Å². The fraction of sp³-hybridized carbons (Fsp3) is 0.125. The summed E-state index contributed by atoms with van der Waals surface area (Å²) in [6, 6.07) is 15.9. The van der Waals surface area contributed by atoms with Gasteiger partial charge in [-0.15, -0.1) is 10.2 Å². The summed E-state index contributed by atoms with van der Waals surface area (Å²) in [4.78, 5) is 0. The van der Waals surface area contributed by atoms with Crippen molar-refractivity contribution in [2.45, 2.75) is 13.0 Å². The largest absolute Gasteiger partial charge is 0.318 e. The minimum Gasteiger partial charge on any atom is -0.318 e. The normalized spacial score (nSPS) is 12.3. The molecule has 0 radical (unpaired) electrons. The Balaban J connectivity index is 1.93. The van der Waals surface area contributed by atoms with Crippen LogP contribution in [0.4, 0.5) is 0 Å². The second kappa shape index (κ2) is 6.05. The van der Waals surface area contributed by atoms with Gasteiger partial charge in [-0.1, -0.05) is 69.7 Å². The maximum Gasteiger partial charge on any atom is 0.149 e. The van der Waals surface area contributed by atoms with Gasteiger partial charge in [-0.3, -0.25) is 0 Å². The molecule has 0 spiro atoms. The van der Waals surface area contributed by atoms with Crippen molar-refractivity contribution >= 4 is 27.3 Å². The molecule has 0 amide bonds. The van der Waals surface area contributed by atoms with Gasteiger partial charge in [0.15, 0.2) is 0 Å². The van der Waals surface area contributed by atoms with Gasteiger partial charge in [0, 0.05) is 10.0 Å². The van der Waals surface area contributed by atoms with E-state index in [0.29, 0.717) is 0 Å². The van der Waals surface area contributed by atoms with E-state index in [1.54, 1.807) is 0 Å². The second-order valence-electron chi connectivity index (χ2n) is 4.82. The van der Waals surface area contributed by atoms with Crippen molar-refractivity contribution in [2.24, 2.45) is 5.73 Å². The van der Waals surface area contributed by atoms with Crippen molar-refractivity contribution in [3.8, 4) is 10.6 Å². The maximum absolute atomic E-state index is 6.27. The average Bonchev–Trinajstić information content (AvgIpc) is 2.97. The molecule has 0 aliphatic carbocycles. The van der Waals surface area contributed by atoms with Gasteiger partial charge in [-0.05, 0) is 24.1 Å². The molecule has 0 saturated heterocycles. The van der Waals surface area contributed by atoms with Crippen LogP contribution in [0.15, 0.2) is 53.0 Å². The highest BCUT2D eigenvalue weighted by molar-refractivity contribution is 9.10. The molecule has 106 valence electrons. The number of aromatic nitrogens is 2. The van der Waals surface area contributed by atoms with Gasteiger partial charge in [0.05, 0.1) is 6.04 Å². The van der Waals surface area contributed by atoms with Crippen LogP contribution in [-0.2, 0) is 0 Å². The summed E-state index contributed by atoms with van der Waals surface area (Å²) in [6.07, 6.45) is 0. The minimum atomic E-state index is -0.235. The van der Waals surface area contributed by atoms with Gasteiger partial charge >= 0.3 is 0 Å². The van der Waals surface area contributed by atoms with Crippen LogP contribution < -0.4 is 5.73 Å². The summed E-state index contributed by atoms with van der Waals surface area (Å²) in [5.74, 6) is 0. The standard InChI is InChI=1S/C16H14BrN3S/c1-10-7-8-12(13(17)9-10)15-19-20-16(21-15)14(18)11-5-3-2-4-6-11/h2-9,14H,18H2,1H3. The first-order valence-corrected chi connectivity index (χ1v) is 8.16. The third kappa shape index (κ3) is 3.05. The molecule has 1 atom stereocenters. The molecule has 21 heavy (non-hydrogen) atoms. The molecule has 0 saturated carbocycles. The number of aryl methyl sites for hydroxylation is 1. The number of nitrogens with two attached hydrogens (primary N) is 1. The van der Waals surface area contributed by atoms with E-state index in [2.05, 4.69) is 51.3 Å². The Morgan fingerprint density at radius 1 is 1.10 bits per heavy atom. The van der Waals surface area contributed by atoms with Crippen LogP contribution in [0.5, 0.6) is 0 Å². The third-order valence-corrected chi connectivity index (χ3v) is 4.92. The van der Waals surface area contributed by atoms with Crippen molar-refractivity contribution in [3.63, 3.8) is 0 Å². The van der Waals surface area contributed by atoms with E-state index in [1.165, 1.54) is 16.9 Å². The number of nitrogens with zero attached hydrogens (tertiary/aromatic N) is 2. The highest BCUT2D eigenvalue weighted by atomic mass is 79.9. The molecule has 0 bridgehead atoms. The smallest absolute Gasteiger partial charge is 0.149 e. The summed E-state index contributed by atoms with van der Waals surface area (Å²) < 4.78 is 1.03. The van der Waals surface area contributed by atoms with Crippen LogP contribution in [-0.4, -0.2) is 10.2 Å². The van der Waals surface area contributed by atoms with Crippen molar-refractivity contribution in [1.82, 2.24) is 10.2 Å². The SMILES string of the molecule is Cc1ccc(-c2nnc(C(N)c3ccccc3)s2)c(Br)c1. The first-order chi connectivity index (χ1) is 10.1. The molecule has 0 fully saturated rings. The first-order valence-electron chi connectivity index (χ1n) is 6.55. The van der Waals surface area contributed by atoms with Crippen LogP contribution in [0.2, 0.25) is 0 Å². The van der Waals surface area contributed by atoms with E-state index in [-0.39, 0.29) is 6.04 Å². The Morgan fingerprint density at radius 2 is 1.86 bits per heavy atom. The highest BCUT2D eigenvalue weighted by Crippen LogP contribution is 2.33. The second-order valence-corrected chi connectivity index (χ2v) is 6.68. The van der Waals surface area contributed by atoms with Crippen molar-refractivity contribution in [2.75, 3.05) is 0 Å². The molecular weight excluding hydrogens is 346 g/mol. The summed E-state index contributed by atoms with van der Waals surface area (Å²) in [6.45, 7) is 2.06. The van der Waals surface area contributed by atoms with Crippen LogP contribution >= 0.6 is 27.3 Å². The number of hydrogen-bond donors (Lipinski definition) is 1. The molecule has 2 aromatic carbocycles. The predicted molar refractivity (Wildman–Crippen MR) is 90.3 cm³/mol. The fourth-order valence-corrected chi connectivity index (χ4v) is 3.79. The Bertz CT molecular complexity index is 755. The van der Waals surface area contributed by atoms with Crippen molar-refractivity contribution in [1.29, 1.82) is 0 Å². The number of halogens is 1. The van der Waals surface area contributed by atoms with E-state index < -0.39 is 0 Å². The zero-order valence-corrected chi connectivity index (χ0v) is 13.9. The van der Waals surface area contributed by atoms with Gasteiger partial charge in [0.1, 0.15) is 10.0 Å². The molecule has 0 aliphatic heterocycles. The topological polar surface area (TPSA) is 51.8 Å². The van der Waals surface area contributed by atoms with Gasteiger partial charge in [-0.2, -0.15) is 0 Å². The Kier molecular flexibility index (Phi) is 4.14. The lowest BCUT2D eigenvalue weighted by Crippen LogP contribution is -2.11. The molecule has 3 aromatic rings. The van der Waals surface area contributed by atoms with Gasteiger partial charge in [0.2, 0.25) is 0 Å². The number of hydrogen-bond acceptors (Lipinski definition) is 4. The molecule has 5 heteroatoms. The fourth-order valence-electron chi connectivity index (χ4n) is 2.07. The van der Waals surface area contributed by atoms with E-state index in [0.717, 1.165) is 25.6 Å². The highest BCUT2D eigenvalue weighted by Gasteiger charge is 2.16. The van der Waals surface area contributed by atoms with Crippen LogP contribution in [0.1, 0.15) is 22.2 Å². The lowest BCUT2D eigenvalue weighted by Gasteiger charge is -2.07. The summed E-state index contributed by atoms with van der Waals surface area (Å²) in [5.41, 5.74) is 9.56. The molecule has 3 rings (SSSR count). The minimum absolute atomic E-state index is 0.235. The Labute approximate surface area is 136 Å². The zero-order valence-electron chi connectivity index (χ0n) is 11.5. The molecule has 1 unspecified atom stereocenters. The number of rotatable bonds is 3. The van der Waals surface area contributed by atoms with Crippen LogP contribution in [0.3, 0.4) is 0 Å². The predicted octanol–water partition coefficient (Wildman–Crippen LogP) is 4.32. The van der Waals surface area contributed by atoms with E-state index in [9.17, 15) is 0 Å². The van der Waals surface area contributed by atoms with Crippen molar-refractivity contribution < 1.29 is 0 Å². The quantitative estimate of drug-likeness (QED) is 0.757. The molecule has 1 aromatic heterocycles. The monoisotopic (exact) mass is 359 g/mol. The molecule has 2 N–H and O–H groups in total. The zero-order chi connectivity index (χ0) is 14.8. The molecular formula is C16H14BrN3S. The third-order valence-electron chi connectivity index (χ3n) is 3.22. The van der Waals surface area contributed by atoms with Crippen LogP contribution in [0, 0.1) is 6.92 Å².